The molecule has 0 saturated heterocycles. The summed E-state index contributed by atoms with van der Waals surface area (Å²) >= 11 is 0. The van der Waals surface area contributed by atoms with E-state index in [1.54, 1.807) is 0 Å². The van der Waals surface area contributed by atoms with E-state index >= 15 is 0 Å². The summed E-state index contributed by atoms with van der Waals surface area (Å²) in [6.07, 6.45) is 16.9. The number of hydrogen-bond donors (Lipinski definition) is 0. The van der Waals surface area contributed by atoms with Crippen LogP contribution in [0.3, 0.4) is 0 Å². The fourth-order valence-electron chi connectivity index (χ4n) is 1.80. The Morgan fingerprint density at radius 1 is 1.00 bits per heavy atom. The molecule has 0 saturated carbocycles. The van der Waals surface area contributed by atoms with Crippen LogP contribution in [0.5, 0.6) is 0 Å². The maximum absolute atomic E-state index is 11.4. The first kappa shape index (κ1) is 17.9. The zero-order valence-electron chi connectivity index (χ0n) is 12.5. The van der Waals surface area contributed by atoms with Crippen LogP contribution in [0.15, 0.2) is 24.8 Å². The second kappa shape index (κ2) is 15.0. The Kier molecular flexibility index (Phi) is 14.2. The zero-order valence-corrected chi connectivity index (χ0v) is 12.5. The molecule has 0 aromatic rings. The van der Waals surface area contributed by atoms with Crippen molar-refractivity contribution in [3.05, 3.63) is 24.8 Å². The van der Waals surface area contributed by atoms with Crippen LogP contribution in [-0.4, -0.2) is 12.6 Å². The molecule has 0 aromatic heterocycles. The van der Waals surface area contributed by atoms with Gasteiger partial charge in [0.2, 0.25) is 0 Å². The second-order valence-corrected chi connectivity index (χ2v) is 4.88. The van der Waals surface area contributed by atoms with E-state index in [2.05, 4.69) is 19.6 Å². The van der Waals surface area contributed by atoms with Crippen molar-refractivity contribution in [2.24, 2.45) is 0 Å². The summed E-state index contributed by atoms with van der Waals surface area (Å²) in [5.74, 6) is -0.110. The van der Waals surface area contributed by atoms with E-state index in [4.69, 9.17) is 4.74 Å². The van der Waals surface area contributed by atoms with Crippen LogP contribution in [0.2, 0.25) is 0 Å². The van der Waals surface area contributed by atoms with Crippen LogP contribution < -0.4 is 0 Å². The van der Waals surface area contributed by atoms with E-state index in [1.165, 1.54) is 32.1 Å². The lowest BCUT2D eigenvalue weighted by Crippen LogP contribution is -2.04. The molecule has 0 spiro atoms. The van der Waals surface area contributed by atoms with Gasteiger partial charge in [0.1, 0.15) is 0 Å². The van der Waals surface area contributed by atoms with E-state index in [-0.39, 0.29) is 5.97 Å². The van der Waals surface area contributed by atoms with Gasteiger partial charge in [-0.1, -0.05) is 50.8 Å². The highest BCUT2D eigenvalue weighted by Gasteiger charge is 1.98. The predicted octanol–water partition coefficient (Wildman–Crippen LogP) is 5.19. The van der Waals surface area contributed by atoms with Gasteiger partial charge in [-0.3, -0.25) is 4.79 Å². The molecule has 2 heteroatoms. The van der Waals surface area contributed by atoms with E-state index in [1.807, 2.05) is 12.2 Å². The summed E-state index contributed by atoms with van der Waals surface area (Å²) in [6.45, 7) is 6.42. The Hall–Kier alpha value is -1.05. The molecular weight excluding hydrogens is 236 g/mol. The average molecular weight is 266 g/mol. The molecule has 0 heterocycles. The monoisotopic (exact) mass is 266 g/mol. The third-order valence-corrected chi connectivity index (χ3v) is 2.99. The number of carbonyl (C=O) groups is 1. The van der Waals surface area contributed by atoms with E-state index in [9.17, 15) is 4.79 Å². The number of esters is 1. The highest BCUT2D eigenvalue weighted by atomic mass is 16.5. The van der Waals surface area contributed by atoms with Crippen molar-refractivity contribution in [2.45, 2.75) is 71.1 Å². The molecule has 0 aliphatic rings. The number of unbranched alkanes of at least 4 members (excludes halogenated alkanes) is 7. The summed E-state index contributed by atoms with van der Waals surface area (Å²) in [5, 5.41) is 0. The number of ether oxygens (including phenoxy) is 1. The van der Waals surface area contributed by atoms with Crippen molar-refractivity contribution in [1.29, 1.82) is 0 Å². The first-order valence-corrected chi connectivity index (χ1v) is 7.72. The molecule has 0 aliphatic carbocycles. The number of hydrogen-bond acceptors (Lipinski definition) is 2. The standard InChI is InChI=1S/C17H30O2/c1-3-5-7-9-10-11-12-13-15-17(18)19-16-14-8-6-4-2/h4,12-13H,2-3,5-11,14-16H2,1H3/b13-12+. The molecule has 0 radical (unpaired) electrons. The first-order valence-electron chi connectivity index (χ1n) is 7.72. The average Bonchev–Trinajstić information content (AvgIpc) is 2.41. The quantitative estimate of drug-likeness (QED) is 0.260. The van der Waals surface area contributed by atoms with Gasteiger partial charge in [-0.05, 0) is 32.1 Å². The van der Waals surface area contributed by atoms with Crippen molar-refractivity contribution < 1.29 is 9.53 Å². The summed E-state index contributed by atoms with van der Waals surface area (Å²) < 4.78 is 5.12. The largest absolute Gasteiger partial charge is 0.465 e. The lowest BCUT2D eigenvalue weighted by atomic mass is 10.1. The third-order valence-electron chi connectivity index (χ3n) is 2.99. The van der Waals surface area contributed by atoms with Gasteiger partial charge in [0.25, 0.3) is 0 Å². The summed E-state index contributed by atoms with van der Waals surface area (Å²) in [5.41, 5.74) is 0. The van der Waals surface area contributed by atoms with Gasteiger partial charge in [-0.2, -0.15) is 0 Å². The molecule has 0 rings (SSSR count). The number of allylic oxidation sites excluding steroid dienone is 2. The smallest absolute Gasteiger partial charge is 0.309 e. The van der Waals surface area contributed by atoms with E-state index in [0.717, 1.165) is 25.7 Å². The van der Waals surface area contributed by atoms with Gasteiger partial charge >= 0.3 is 5.97 Å². The van der Waals surface area contributed by atoms with Gasteiger partial charge in [0.15, 0.2) is 0 Å². The molecule has 0 atom stereocenters. The molecule has 0 bridgehead atoms. The van der Waals surface area contributed by atoms with Crippen molar-refractivity contribution in [3.8, 4) is 0 Å². The van der Waals surface area contributed by atoms with E-state index < -0.39 is 0 Å². The molecule has 19 heavy (non-hydrogen) atoms. The minimum Gasteiger partial charge on any atom is -0.465 e. The molecule has 0 unspecified atom stereocenters. The zero-order chi connectivity index (χ0) is 14.2. The Bertz CT molecular complexity index is 244. The first-order chi connectivity index (χ1) is 9.31. The predicted molar refractivity (Wildman–Crippen MR) is 82.1 cm³/mol. The molecule has 110 valence electrons. The van der Waals surface area contributed by atoms with Crippen molar-refractivity contribution in [1.82, 2.24) is 0 Å². The van der Waals surface area contributed by atoms with Crippen LogP contribution in [0.1, 0.15) is 71.1 Å². The highest BCUT2D eigenvalue weighted by molar-refractivity contribution is 5.71. The van der Waals surface area contributed by atoms with Crippen LogP contribution in [-0.2, 0) is 9.53 Å². The van der Waals surface area contributed by atoms with Crippen LogP contribution in [0, 0.1) is 0 Å². The molecular formula is C17H30O2. The molecule has 0 amide bonds. The normalized spacial score (nSPS) is 10.8. The summed E-state index contributed by atoms with van der Waals surface area (Å²) in [6, 6.07) is 0. The van der Waals surface area contributed by atoms with Crippen LogP contribution >= 0.6 is 0 Å². The fourth-order valence-corrected chi connectivity index (χ4v) is 1.80. The molecule has 0 aromatic carbocycles. The Balaban J connectivity index is 3.29. The molecule has 2 nitrogen and oxygen atoms in total. The van der Waals surface area contributed by atoms with Crippen molar-refractivity contribution in [3.63, 3.8) is 0 Å². The maximum Gasteiger partial charge on any atom is 0.309 e. The van der Waals surface area contributed by atoms with Gasteiger partial charge in [-0.25, -0.2) is 0 Å². The number of carbonyl (C=O) groups excluding carboxylic acids is 1. The highest BCUT2D eigenvalue weighted by Crippen LogP contribution is 2.05. The Morgan fingerprint density at radius 2 is 1.74 bits per heavy atom. The summed E-state index contributed by atoms with van der Waals surface area (Å²) in [7, 11) is 0. The maximum atomic E-state index is 11.4. The minimum absolute atomic E-state index is 0.110. The lowest BCUT2D eigenvalue weighted by Gasteiger charge is -2.01. The third kappa shape index (κ3) is 14.9. The van der Waals surface area contributed by atoms with E-state index in [0.29, 0.717) is 13.0 Å². The molecule has 0 N–H and O–H groups in total. The van der Waals surface area contributed by atoms with Gasteiger partial charge in [0, 0.05) is 0 Å². The molecule has 0 fully saturated rings. The van der Waals surface area contributed by atoms with Gasteiger partial charge in [0.05, 0.1) is 13.0 Å². The van der Waals surface area contributed by atoms with Crippen molar-refractivity contribution >= 4 is 5.97 Å². The van der Waals surface area contributed by atoms with Gasteiger partial charge < -0.3 is 4.74 Å². The van der Waals surface area contributed by atoms with Gasteiger partial charge in [-0.15, -0.1) is 6.58 Å². The Morgan fingerprint density at radius 3 is 2.47 bits per heavy atom. The SMILES string of the molecule is C=CCCCCOC(=O)C/C=C/CCCCCCC. The van der Waals surface area contributed by atoms with Crippen LogP contribution in [0.25, 0.3) is 0 Å². The fraction of sp³-hybridized carbons (Fsp3) is 0.706. The summed E-state index contributed by atoms with van der Waals surface area (Å²) in [4.78, 5) is 11.4. The van der Waals surface area contributed by atoms with Crippen molar-refractivity contribution in [2.75, 3.05) is 6.61 Å². The minimum atomic E-state index is -0.110. The lowest BCUT2D eigenvalue weighted by molar-refractivity contribution is -0.142. The topological polar surface area (TPSA) is 26.3 Å². The Labute approximate surface area is 118 Å². The second-order valence-electron chi connectivity index (χ2n) is 4.88. The molecule has 0 aliphatic heterocycles. The number of rotatable bonds is 13. The van der Waals surface area contributed by atoms with Crippen LogP contribution in [0.4, 0.5) is 0 Å².